The zero-order valence-corrected chi connectivity index (χ0v) is 14.5. The number of thiocarbonyl (C=S) groups is 1. The van der Waals surface area contributed by atoms with Crippen LogP contribution in [0.15, 0.2) is 48.5 Å². The molecule has 0 fully saturated rings. The van der Waals surface area contributed by atoms with E-state index < -0.39 is 0 Å². The molecular weight excluding hydrogens is 288 g/mol. The van der Waals surface area contributed by atoms with Gasteiger partial charge in [-0.3, -0.25) is 0 Å². The number of rotatable bonds is 4. The van der Waals surface area contributed by atoms with E-state index in [4.69, 9.17) is 12.2 Å². The fourth-order valence-electron chi connectivity index (χ4n) is 2.25. The second-order valence-electron chi connectivity index (χ2n) is 6.01. The van der Waals surface area contributed by atoms with Gasteiger partial charge in [-0.25, -0.2) is 0 Å². The van der Waals surface area contributed by atoms with Crippen molar-refractivity contribution in [2.24, 2.45) is 0 Å². The summed E-state index contributed by atoms with van der Waals surface area (Å²) in [7, 11) is 0. The first-order valence-corrected chi connectivity index (χ1v) is 8.10. The molecule has 0 heterocycles. The van der Waals surface area contributed by atoms with Gasteiger partial charge in [0, 0.05) is 5.69 Å². The van der Waals surface area contributed by atoms with Gasteiger partial charge < -0.3 is 10.6 Å². The van der Waals surface area contributed by atoms with Crippen molar-refractivity contribution < 1.29 is 0 Å². The summed E-state index contributed by atoms with van der Waals surface area (Å²) in [4.78, 5) is 0. The van der Waals surface area contributed by atoms with Crippen molar-refractivity contribution in [3.63, 3.8) is 0 Å². The van der Waals surface area contributed by atoms with Crippen LogP contribution in [0.3, 0.4) is 0 Å². The van der Waals surface area contributed by atoms with Crippen LogP contribution in [0.1, 0.15) is 49.4 Å². The Morgan fingerprint density at radius 1 is 0.864 bits per heavy atom. The van der Waals surface area contributed by atoms with E-state index in [1.165, 1.54) is 16.7 Å². The van der Waals surface area contributed by atoms with Gasteiger partial charge in [-0.15, -0.1) is 0 Å². The molecule has 3 heteroatoms. The molecule has 0 aliphatic rings. The van der Waals surface area contributed by atoms with Gasteiger partial charge >= 0.3 is 0 Å². The molecule has 116 valence electrons. The van der Waals surface area contributed by atoms with Crippen molar-refractivity contribution in [3.05, 3.63) is 65.2 Å². The van der Waals surface area contributed by atoms with Gasteiger partial charge in [-0.1, -0.05) is 55.8 Å². The average molecular weight is 312 g/mol. The van der Waals surface area contributed by atoms with E-state index >= 15 is 0 Å². The molecule has 0 aliphatic carbocycles. The molecule has 0 aromatic heterocycles. The zero-order chi connectivity index (χ0) is 16.1. The van der Waals surface area contributed by atoms with Crippen LogP contribution in [-0.2, 0) is 0 Å². The highest BCUT2D eigenvalue weighted by molar-refractivity contribution is 7.80. The van der Waals surface area contributed by atoms with Crippen molar-refractivity contribution in [2.75, 3.05) is 5.32 Å². The Kier molecular flexibility index (Phi) is 5.56. The molecule has 2 aromatic rings. The topological polar surface area (TPSA) is 24.1 Å². The van der Waals surface area contributed by atoms with Gasteiger partial charge in [0.25, 0.3) is 0 Å². The third-order valence-corrected chi connectivity index (χ3v) is 3.98. The molecule has 2 aromatic carbocycles. The highest BCUT2D eigenvalue weighted by Gasteiger charge is 2.07. The summed E-state index contributed by atoms with van der Waals surface area (Å²) in [6.45, 7) is 8.59. The quantitative estimate of drug-likeness (QED) is 0.762. The number of benzene rings is 2. The Labute approximate surface area is 139 Å². The maximum atomic E-state index is 5.40. The summed E-state index contributed by atoms with van der Waals surface area (Å²) in [6, 6.07) is 17.1. The van der Waals surface area contributed by atoms with Crippen molar-refractivity contribution in [1.82, 2.24) is 5.32 Å². The first kappa shape index (κ1) is 16.5. The van der Waals surface area contributed by atoms with Crippen LogP contribution in [0.5, 0.6) is 0 Å². The van der Waals surface area contributed by atoms with Crippen molar-refractivity contribution in [2.45, 2.75) is 39.7 Å². The molecule has 0 unspecified atom stereocenters. The van der Waals surface area contributed by atoms with Crippen LogP contribution < -0.4 is 10.6 Å². The highest BCUT2D eigenvalue weighted by atomic mass is 32.1. The predicted octanol–water partition coefficient (Wildman–Crippen LogP) is 5.17. The first-order chi connectivity index (χ1) is 10.5. The zero-order valence-electron chi connectivity index (χ0n) is 13.7. The van der Waals surface area contributed by atoms with E-state index in [1.807, 2.05) is 0 Å². The van der Waals surface area contributed by atoms with Gasteiger partial charge in [-0.2, -0.15) is 0 Å². The third kappa shape index (κ3) is 4.57. The lowest BCUT2D eigenvalue weighted by Gasteiger charge is -2.18. The van der Waals surface area contributed by atoms with Crippen molar-refractivity contribution in [3.8, 4) is 0 Å². The largest absolute Gasteiger partial charge is 0.356 e. The maximum absolute atomic E-state index is 5.40. The lowest BCUT2D eigenvalue weighted by Crippen LogP contribution is -2.30. The predicted molar refractivity (Wildman–Crippen MR) is 99.5 cm³/mol. The lowest BCUT2D eigenvalue weighted by molar-refractivity contribution is 0.722. The molecule has 22 heavy (non-hydrogen) atoms. The van der Waals surface area contributed by atoms with Crippen LogP contribution in [0.2, 0.25) is 0 Å². The normalized spacial score (nSPS) is 12.0. The molecule has 0 spiro atoms. The molecule has 0 aliphatic heterocycles. The monoisotopic (exact) mass is 312 g/mol. The summed E-state index contributed by atoms with van der Waals surface area (Å²) in [5.74, 6) is 0.542. The Bertz CT molecular complexity index is 615. The fourth-order valence-corrected chi connectivity index (χ4v) is 2.55. The van der Waals surface area contributed by atoms with E-state index in [9.17, 15) is 0 Å². The summed E-state index contributed by atoms with van der Waals surface area (Å²) in [5, 5.41) is 7.21. The second kappa shape index (κ2) is 7.41. The van der Waals surface area contributed by atoms with Crippen LogP contribution in [0.25, 0.3) is 0 Å². The fraction of sp³-hybridized carbons (Fsp3) is 0.316. The van der Waals surface area contributed by atoms with Gasteiger partial charge in [0.2, 0.25) is 0 Å². The minimum Gasteiger partial charge on any atom is -0.356 e. The minimum absolute atomic E-state index is 0.176. The average Bonchev–Trinajstić information content (AvgIpc) is 2.48. The number of nitrogens with one attached hydrogen (secondary N) is 2. The number of hydrogen-bond acceptors (Lipinski definition) is 1. The number of hydrogen-bond donors (Lipinski definition) is 2. The summed E-state index contributed by atoms with van der Waals surface area (Å²) in [6.07, 6.45) is 0. The first-order valence-electron chi connectivity index (χ1n) is 7.69. The summed E-state index contributed by atoms with van der Waals surface area (Å²) < 4.78 is 0. The number of aryl methyl sites for hydroxylation is 1. The van der Waals surface area contributed by atoms with Gasteiger partial charge in [0.1, 0.15) is 0 Å². The minimum atomic E-state index is 0.176. The highest BCUT2D eigenvalue weighted by Crippen LogP contribution is 2.18. The maximum Gasteiger partial charge on any atom is 0.171 e. The van der Waals surface area contributed by atoms with E-state index in [1.54, 1.807) is 0 Å². The van der Waals surface area contributed by atoms with Crippen molar-refractivity contribution in [1.29, 1.82) is 0 Å². The SMILES string of the molecule is Cc1ccc([C@H](C)NC(=S)Nc2ccc(C(C)C)cc2)cc1. The van der Waals surface area contributed by atoms with Gasteiger partial charge in [-0.05, 0) is 55.2 Å². The molecule has 2 nitrogen and oxygen atoms in total. The second-order valence-corrected chi connectivity index (χ2v) is 6.42. The Morgan fingerprint density at radius 3 is 1.95 bits per heavy atom. The van der Waals surface area contributed by atoms with E-state index in [2.05, 4.69) is 86.9 Å². The van der Waals surface area contributed by atoms with Gasteiger partial charge in [0.15, 0.2) is 5.11 Å². The van der Waals surface area contributed by atoms with E-state index in [-0.39, 0.29) is 6.04 Å². The van der Waals surface area contributed by atoms with Crippen molar-refractivity contribution >= 4 is 23.0 Å². The Morgan fingerprint density at radius 2 is 1.41 bits per heavy atom. The molecular formula is C19H24N2S. The molecule has 0 saturated heterocycles. The summed E-state index contributed by atoms with van der Waals surface area (Å²) >= 11 is 5.40. The van der Waals surface area contributed by atoms with E-state index in [0.29, 0.717) is 11.0 Å². The molecule has 0 radical (unpaired) electrons. The van der Waals surface area contributed by atoms with Crippen LogP contribution in [0.4, 0.5) is 5.69 Å². The van der Waals surface area contributed by atoms with Crippen LogP contribution in [-0.4, -0.2) is 5.11 Å². The number of anilines is 1. The Balaban J connectivity index is 1.93. The lowest BCUT2D eigenvalue weighted by atomic mass is 10.0. The van der Waals surface area contributed by atoms with Crippen LogP contribution in [0, 0.1) is 6.92 Å². The smallest absolute Gasteiger partial charge is 0.171 e. The molecule has 0 saturated carbocycles. The van der Waals surface area contributed by atoms with Gasteiger partial charge in [0.05, 0.1) is 6.04 Å². The Hall–Kier alpha value is -1.87. The molecule has 2 rings (SSSR count). The molecule has 1 atom stereocenters. The third-order valence-electron chi connectivity index (χ3n) is 3.76. The summed E-state index contributed by atoms with van der Waals surface area (Å²) in [5.41, 5.74) is 4.84. The molecule has 0 amide bonds. The van der Waals surface area contributed by atoms with Crippen LogP contribution >= 0.6 is 12.2 Å². The molecule has 0 bridgehead atoms. The van der Waals surface area contributed by atoms with E-state index in [0.717, 1.165) is 5.69 Å². The standard InChI is InChI=1S/C19H24N2S/c1-13(2)16-9-11-18(12-10-16)21-19(22)20-15(4)17-7-5-14(3)6-8-17/h5-13,15H,1-4H3,(H2,20,21,22)/t15-/m0/s1. The molecule has 2 N–H and O–H groups in total.